The molecule has 0 aromatic rings. The van der Waals surface area contributed by atoms with Crippen LogP contribution in [-0.2, 0) is 4.79 Å². The number of nitrogens with one attached hydrogen (secondary N) is 2. The fourth-order valence-corrected chi connectivity index (χ4v) is 1.60. The van der Waals surface area contributed by atoms with E-state index in [9.17, 15) is 4.79 Å². The van der Waals surface area contributed by atoms with E-state index >= 15 is 0 Å². The third-order valence-corrected chi connectivity index (χ3v) is 2.49. The van der Waals surface area contributed by atoms with Gasteiger partial charge in [-0.25, -0.2) is 0 Å². The molecule has 1 aliphatic rings. The predicted molar refractivity (Wildman–Crippen MR) is 57.2 cm³/mol. The fraction of sp³-hybridized carbons (Fsp3) is 0.900. The van der Waals surface area contributed by atoms with Gasteiger partial charge in [0.25, 0.3) is 0 Å². The molecule has 2 N–H and O–H groups in total. The van der Waals surface area contributed by atoms with Gasteiger partial charge in [-0.15, -0.1) is 0 Å². The minimum absolute atomic E-state index is 0.0471. The van der Waals surface area contributed by atoms with Crippen molar-refractivity contribution in [2.45, 2.75) is 25.3 Å². The summed E-state index contributed by atoms with van der Waals surface area (Å²) in [6, 6.07) is 0.0471. The van der Waals surface area contributed by atoms with Crippen molar-refractivity contribution in [1.82, 2.24) is 15.5 Å². The van der Waals surface area contributed by atoms with Gasteiger partial charge in [0.05, 0.1) is 6.04 Å². The van der Waals surface area contributed by atoms with Crippen LogP contribution in [0.15, 0.2) is 0 Å². The van der Waals surface area contributed by atoms with Gasteiger partial charge in [-0.3, -0.25) is 4.79 Å². The average Bonchev–Trinajstić information content (AvgIpc) is 2.18. The van der Waals surface area contributed by atoms with E-state index in [0.717, 1.165) is 26.1 Å². The Bertz CT molecular complexity index is 176. The molecule has 1 atom stereocenters. The summed E-state index contributed by atoms with van der Waals surface area (Å²) < 4.78 is 0. The summed E-state index contributed by atoms with van der Waals surface area (Å²) in [5.74, 6) is 0.159. The highest BCUT2D eigenvalue weighted by Gasteiger charge is 2.19. The zero-order valence-corrected chi connectivity index (χ0v) is 9.18. The van der Waals surface area contributed by atoms with E-state index < -0.39 is 0 Å². The topological polar surface area (TPSA) is 44.4 Å². The van der Waals surface area contributed by atoms with E-state index in [1.165, 1.54) is 12.8 Å². The molecule has 4 heteroatoms. The molecule has 0 radical (unpaired) electrons. The standard InChI is InChI=1S/C10H21N3O/c1-13(2)8-7-12-10(14)9-5-3-4-6-11-9/h9,11H,3-8H2,1-2H3,(H,12,14)/t9-/m0/s1. The predicted octanol–water partition coefficient (Wildman–Crippen LogP) is -0.194. The summed E-state index contributed by atoms with van der Waals surface area (Å²) in [4.78, 5) is 13.7. The first-order valence-electron chi connectivity index (χ1n) is 5.36. The average molecular weight is 199 g/mol. The number of carbonyl (C=O) groups excluding carboxylic acids is 1. The first kappa shape index (κ1) is 11.5. The normalized spacial score (nSPS) is 22.4. The van der Waals surface area contributed by atoms with Gasteiger partial charge in [0, 0.05) is 13.1 Å². The molecule has 0 spiro atoms. The lowest BCUT2D eigenvalue weighted by molar-refractivity contribution is -0.123. The molecule has 14 heavy (non-hydrogen) atoms. The van der Waals surface area contributed by atoms with Gasteiger partial charge in [0.2, 0.25) is 5.91 Å². The monoisotopic (exact) mass is 199 g/mol. The molecule has 82 valence electrons. The summed E-state index contributed by atoms with van der Waals surface area (Å²) in [5, 5.41) is 6.17. The van der Waals surface area contributed by atoms with Crippen LogP contribution in [0.5, 0.6) is 0 Å². The van der Waals surface area contributed by atoms with Gasteiger partial charge in [-0.2, -0.15) is 0 Å². The van der Waals surface area contributed by atoms with Crippen molar-refractivity contribution in [3.05, 3.63) is 0 Å². The van der Waals surface area contributed by atoms with Crippen molar-refractivity contribution in [3.63, 3.8) is 0 Å². The van der Waals surface area contributed by atoms with Gasteiger partial charge in [0.15, 0.2) is 0 Å². The number of hydrogen-bond donors (Lipinski definition) is 2. The molecular weight excluding hydrogens is 178 g/mol. The number of carbonyl (C=O) groups is 1. The maximum Gasteiger partial charge on any atom is 0.237 e. The van der Waals surface area contributed by atoms with Crippen LogP contribution in [-0.4, -0.2) is 50.6 Å². The number of likely N-dealkylation sites (N-methyl/N-ethyl adjacent to an activating group) is 1. The molecule has 0 aromatic carbocycles. The highest BCUT2D eigenvalue weighted by molar-refractivity contribution is 5.81. The second-order valence-corrected chi connectivity index (χ2v) is 4.10. The van der Waals surface area contributed by atoms with Gasteiger partial charge in [-0.05, 0) is 33.5 Å². The molecule has 0 aliphatic carbocycles. The van der Waals surface area contributed by atoms with Crippen LogP contribution in [0.25, 0.3) is 0 Å². The van der Waals surface area contributed by atoms with Crippen molar-refractivity contribution >= 4 is 5.91 Å². The van der Waals surface area contributed by atoms with Gasteiger partial charge >= 0.3 is 0 Å². The molecule has 0 saturated carbocycles. The fourth-order valence-electron chi connectivity index (χ4n) is 1.60. The van der Waals surface area contributed by atoms with E-state index in [-0.39, 0.29) is 11.9 Å². The Morgan fingerprint density at radius 2 is 2.29 bits per heavy atom. The smallest absolute Gasteiger partial charge is 0.237 e. The molecule has 0 unspecified atom stereocenters. The minimum atomic E-state index is 0.0471. The molecule has 4 nitrogen and oxygen atoms in total. The van der Waals surface area contributed by atoms with Crippen LogP contribution < -0.4 is 10.6 Å². The molecule has 0 bridgehead atoms. The Morgan fingerprint density at radius 1 is 1.50 bits per heavy atom. The molecule has 1 rings (SSSR count). The maximum atomic E-state index is 11.6. The van der Waals surface area contributed by atoms with Gasteiger partial charge < -0.3 is 15.5 Å². The Morgan fingerprint density at radius 3 is 2.86 bits per heavy atom. The third kappa shape index (κ3) is 4.07. The van der Waals surface area contributed by atoms with Crippen LogP contribution in [0, 0.1) is 0 Å². The molecular formula is C10H21N3O. The summed E-state index contributed by atoms with van der Waals surface area (Å²) in [7, 11) is 4.01. The zero-order chi connectivity index (χ0) is 10.4. The summed E-state index contributed by atoms with van der Waals surface area (Å²) >= 11 is 0. The molecule has 0 aromatic heterocycles. The number of nitrogens with zero attached hydrogens (tertiary/aromatic N) is 1. The molecule has 1 aliphatic heterocycles. The molecule has 1 saturated heterocycles. The van der Waals surface area contributed by atoms with Crippen LogP contribution >= 0.6 is 0 Å². The third-order valence-electron chi connectivity index (χ3n) is 2.49. The van der Waals surface area contributed by atoms with Crippen molar-refractivity contribution in [1.29, 1.82) is 0 Å². The number of hydrogen-bond acceptors (Lipinski definition) is 3. The zero-order valence-electron chi connectivity index (χ0n) is 9.18. The van der Waals surface area contributed by atoms with Crippen molar-refractivity contribution in [2.24, 2.45) is 0 Å². The largest absolute Gasteiger partial charge is 0.353 e. The van der Waals surface area contributed by atoms with E-state index in [1.807, 2.05) is 14.1 Å². The van der Waals surface area contributed by atoms with Crippen molar-refractivity contribution < 1.29 is 4.79 Å². The van der Waals surface area contributed by atoms with E-state index in [2.05, 4.69) is 15.5 Å². The van der Waals surface area contributed by atoms with E-state index in [0.29, 0.717) is 0 Å². The molecule has 1 heterocycles. The van der Waals surface area contributed by atoms with E-state index in [1.54, 1.807) is 0 Å². The van der Waals surface area contributed by atoms with Crippen molar-refractivity contribution in [3.8, 4) is 0 Å². The lowest BCUT2D eigenvalue weighted by Gasteiger charge is -2.22. The first-order valence-corrected chi connectivity index (χ1v) is 5.36. The number of piperidine rings is 1. The molecule has 1 fully saturated rings. The quantitative estimate of drug-likeness (QED) is 0.659. The van der Waals surface area contributed by atoms with Crippen LogP contribution in [0.4, 0.5) is 0 Å². The number of rotatable bonds is 4. The van der Waals surface area contributed by atoms with Crippen molar-refractivity contribution in [2.75, 3.05) is 33.7 Å². The second-order valence-electron chi connectivity index (χ2n) is 4.10. The van der Waals surface area contributed by atoms with Crippen LogP contribution in [0.3, 0.4) is 0 Å². The molecule has 1 amide bonds. The SMILES string of the molecule is CN(C)CCNC(=O)[C@@H]1CCCCN1. The Labute approximate surface area is 86.0 Å². The first-order chi connectivity index (χ1) is 6.70. The second kappa shape index (κ2) is 5.98. The van der Waals surface area contributed by atoms with Gasteiger partial charge in [0.1, 0.15) is 0 Å². The summed E-state index contributed by atoms with van der Waals surface area (Å²) in [6.07, 6.45) is 3.34. The highest BCUT2D eigenvalue weighted by Crippen LogP contribution is 2.06. The van der Waals surface area contributed by atoms with E-state index in [4.69, 9.17) is 0 Å². The Hall–Kier alpha value is -0.610. The lowest BCUT2D eigenvalue weighted by atomic mass is 10.0. The highest BCUT2D eigenvalue weighted by atomic mass is 16.2. The van der Waals surface area contributed by atoms with Crippen LogP contribution in [0.2, 0.25) is 0 Å². The lowest BCUT2D eigenvalue weighted by Crippen LogP contribution is -2.47. The Balaban J connectivity index is 2.13. The van der Waals surface area contributed by atoms with Crippen LogP contribution in [0.1, 0.15) is 19.3 Å². The Kier molecular flexibility index (Phi) is 4.90. The maximum absolute atomic E-state index is 11.6. The van der Waals surface area contributed by atoms with Gasteiger partial charge in [-0.1, -0.05) is 6.42 Å². The summed E-state index contributed by atoms with van der Waals surface area (Å²) in [6.45, 7) is 2.62. The summed E-state index contributed by atoms with van der Waals surface area (Å²) in [5.41, 5.74) is 0. The minimum Gasteiger partial charge on any atom is -0.353 e. The number of amides is 1.